The summed E-state index contributed by atoms with van der Waals surface area (Å²) >= 11 is 0. The zero-order valence-corrected chi connectivity index (χ0v) is 14.0. The molecule has 0 bridgehead atoms. The van der Waals surface area contributed by atoms with Gasteiger partial charge >= 0.3 is 6.18 Å². The largest absolute Gasteiger partial charge is 0.419 e. The number of aromatic nitrogens is 2. The first-order valence-electron chi connectivity index (χ1n) is 7.69. The molecule has 3 rings (SSSR count). The molecule has 1 aromatic carbocycles. The van der Waals surface area contributed by atoms with Crippen LogP contribution in [0.4, 0.5) is 17.6 Å². The maximum absolute atomic E-state index is 13.5. The van der Waals surface area contributed by atoms with Crippen LogP contribution >= 0.6 is 0 Å². The standard InChI is InChI=1S/C18H15F4N3O/c1-24(2)17(26)10-25-6-5-15-16(25)8-12(9-23-15)11-3-4-14(19)13(7-11)18(20,21)22/h3-9H,10H2,1-2H3. The molecular formula is C18H15F4N3O. The zero-order valence-electron chi connectivity index (χ0n) is 14.0. The molecular weight excluding hydrogens is 350 g/mol. The molecule has 26 heavy (non-hydrogen) atoms. The maximum atomic E-state index is 13.5. The number of fused-ring (bicyclic) bond motifs is 1. The van der Waals surface area contributed by atoms with Crippen LogP contribution in [-0.2, 0) is 17.5 Å². The molecule has 0 spiro atoms. The second kappa shape index (κ2) is 6.44. The van der Waals surface area contributed by atoms with Crippen LogP contribution in [0.2, 0.25) is 0 Å². The quantitative estimate of drug-likeness (QED) is 0.659. The molecule has 0 unspecified atom stereocenters. The summed E-state index contributed by atoms with van der Waals surface area (Å²) < 4.78 is 53.9. The number of alkyl halides is 3. The van der Waals surface area contributed by atoms with Crippen LogP contribution < -0.4 is 0 Å². The Hall–Kier alpha value is -2.90. The van der Waals surface area contributed by atoms with E-state index < -0.39 is 17.6 Å². The number of halogens is 4. The molecule has 4 nitrogen and oxygen atoms in total. The van der Waals surface area contributed by atoms with Crippen LogP contribution in [0, 0.1) is 5.82 Å². The van der Waals surface area contributed by atoms with Crippen molar-refractivity contribution in [3.05, 3.63) is 54.1 Å². The molecule has 0 N–H and O–H groups in total. The Morgan fingerprint density at radius 1 is 1.15 bits per heavy atom. The first-order chi connectivity index (χ1) is 12.2. The highest BCUT2D eigenvalue weighted by Crippen LogP contribution is 2.34. The van der Waals surface area contributed by atoms with Gasteiger partial charge in [0.1, 0.15) is 12.4 Å². The average Bonchev–Trinajstić information content (AvgIpc) is 2.96. The van der Waals surface area contributed by atoms with E-state index in [1.54, 1.807) is 37.0 Å². The Kier molecular flexibility index (Phi) is 4.43. The van der Waals surface area contributed by atoms with E-state index in [0.717, 1.165) is 12.1 Å². The molecule has 2 aromatic heterocycles. The molecule has 1 amide bonds. The third-order valence-electron chi connectivity index (χ3n) is 4.03. The van der Waals surface area contributed by atoms with E-state index in [1.165, 1.54) is 17.2 Å². The lowest BCUT2D eigenvalue weighted by molar-refractivity contribution is -0.140. The molecule has 2 heterocycles. The Bertz CT molecular complexity index is 976. The molecule has 0 atom stereocenters. The predicted octanol–water partition coefficient (Wildman–Crippen LogP) is 3.95. The summed E-state index contributed by atoms with van der Waals surface area (Å²) in [6.45, 7) is 0.0822. The molecule has 0 aliphatic heterocycles. The van der Waals surface area contributed by atoms with E-state index in [4.69, 9.17) is 0 Å². The van der Waals surface area contributed by atoms with Gasteiger partial charge in [-0.25, -0.2) is 4.39 Å². The molecule has 8 heteroatoms. The fraction of sp³-hybridized carbons (Fsp3) is 0.222. The lowest BCUT2D eigenvalue weighted by Gasteiger charge is -2.12. The number of carbonyl (C=O) groups excluding carboxylic acids is 1. The van der Waals surface area contributed by atoms with Crippen molar-refractivity contribution >= 4 is 16.9 Å². The van der Waals surface area contributed by atoms with Crippen molar-refractivity contribution in [2.24, 2.45) is 0 Å². The van der Waals surface area contributed by atoms with E-state index in [2.05, 4.69) is 4.98 Å². The summed E-state index contributed by atoms with van der Waals surface area (Å²) in [5, 5.41) is 0. The van der Waals surface area contributed by atoms with E-state index in [-0.39, 0.29) is 18.0 Å². The Morgan fingerprint density at radius 2 is 1.88 bits per heavy atom. The summed E-state index contributed by atoms with van der Waals surface area (Å²) in [6, 6.07) is 6.17. The summed E-state index contributed by atoms with van der Waals surface area (Å²) in [5.41, 5.74) is 0.488. The highest BCUT2D eigenvalue weighted by molar-refractivity contribution is 5.84. The van der Waals surface area contributed by atoms with Crippen LogP contribution in [0.1, 0.15) is 5.56 Å². The van der Waals surface area contributed by atoms with Gasteiger partial charge < -0.3 is 9.47 Å². The first-order valence-corrected chi connectivity index (χ1v) is 7.69. The topological polar surface area (TPSA) is 38.1 Å². The fourth-order valence-electron chi connectivity index (χ4n) is 2.57. The Morgan fingerprint density at radius 3 is 2.54 bits per heavy atom. The Balaban J connectivity index is 2.05. The number of hydrogen-bond donors (Lipinski definition) is 0. The number of likely N-dealkylation sites (N-methyl/N-ethyl adjacent to an activating group) is 1. The Labute approximate surface area is 146 Å². The molecule has 3 aromatic rings. The van der Waals surface area contributed by atoms with E-state index >= 15 is 0 Å². The normalized spacial score (nSPS) is 11.8. The summed E-state index contributed by atoms with van der Waals surface area (Å²) in [4.78, 5) is 17.6. The van der Waals surface area contributed by atoms with Gasteiger partial charge in [-0.15, -0.1) is 0 Å². The molecule has 0 saturated heterocycles. The SMILES string of the molecule is CN(C)C(=O)Cn1ccc2ncc(-c3ccc(F)c(C(F)(F)F)c3)cc21. The fourth-order valence-corrected chi connectivity index (χ4v) is 2.57. The van der Waals surface area contributed by atoms with Gasteiger partial charge in [-0.1, -0.05) is 6.07 Å². The number of nitrogens with zero attached hydrogens (tertiary/aromatic N) is 3. The van der Waals surface area contributed by atoms with Gasteiger partial charge in [0, 0.05) is 32.1 Å². The second-order valence-electron chi connectivity index (χ2n) is 6.05. The van der Waals surface area contributed by atoms with Gasteiger partial charge in [0.05, 0.1) is 16.6 Å². The third kappa shape index (κ3) is 3.40. The average molecular weight is 365 g/mol. The van der Waals surface area contributed by atoms with Crippen molar-refractivity contribution in [1.29, 1.82) is 0 Å². The van der Waals surface area contributed by atoms with Crippen molar-refractivity contribution in [3.8, 4) is 11.1 Å². The van der Waals surface area contributed by atoms with Crippen LogP contribution in [-0.4, -0.2) is 34.5 Å². The van der Waals surface area contributed by atoms with Crippen molar-refractivity contribution in [3.63, 3.8) is 0 Å². The van der Waals surface area contributed by atoms with E-state index in [0.29, 0.717) is 16.6 Å². The van der Waals surface area contributed by atoms with Gasteiger partial charge in [-0.2, -0.15) is 13.2 Å². The second-order valence-corrected chi connectivity index (χ2v) is 6.05. The van der Waals surface area contributed by atoms with E-state index in [9.17, 15) is 22.4 Å². The molecule has 0 fully saturated rings. The minimum Gasteiger partial charge on any atom is -0.347 e. The van der Waals surface area contributed by atoms with Crippen LogP contribution in [0.3, 0.4) is 0 Å². The zero-order chi connectivity index (χ0) is 19.1. The van der Waals surface area contributed by atoms with Gasteiger partial charge in [0.15, 0.2) is 0 Å². The number of amides is 1. The minimum atomic E-state index is -4.78. The van der Waals surface area contributed by atoms with Crippen LogP contribution in [0.25, 0.3) is 22.2 Å². The van der Waals surface area contributed by atoms with E-state index in [1.807, 2.05) is 0 Å². The van der Waals surface area contributed by atoms with Gasteiger partial charge in [-0.05, 0) is 29.8 Å². The monoisotopic (exact) mass is 365 g/mol. The van der Waals surface area contributed by atoms with Crippen molar-refractivity contribution in [2.45, 2.75) is 12.7 Å². The van der Waals surface area contributed by atoms with Crippen LogP contribution in [0.15, 0.2) is 42.7 Å². The smallest absolute Gasteiger partial charge is 0.347 e. The maximum Gasteiger partial charge on any atom is 0.419 e. The van der Waals surface area contributed by atoms with Crippen molar-refractivity contribution in [2.75, 3.05) is 14.1 Å². The summed E-state index contributed by atoms with van der Waals surface area (Å²) in [6.07, 6.45) is -1.67. The molecule has 0 aliphatic carbocycles. The number of carbonyl (C=O) groups is 1. The van der Waals surface area contributed by atoms with Gasteiger partial charge in [0.25, 0.3) is 0 Å². The number of hydrogen-bond acceptors (Lipinski definition) is 2. The molecule has 0 aliphatic rings. The lowest BCUT2D eigenvalue weighted by Crippen LogP contribution is -2.25. The summed E-state index contributed by atoms with van der Waals surface area (Å²) in [5.74, 6) is -1.45. The molecule has 0 saturated carbocycles. The van der Waals surface area contributed by atoms with Crippen molar-refractivity contribution < 1.29 is 22.4 Å². The molecule has 0 radical (unpaired) electrons. The lowest BCUT2D eigenvalue weighted by atomic mass is 10.0. The number of rotatable bonds is 3. The highest BCUT2D eigenvalue weighted by Gasteiger charge is 2.34. The first kappa shape index (κ1) is 17.9. The highest BCUT2D eigenvalue weighted by atomic mass is 19.4. The molecule has 136 valence electrons. The van der Waals surface area contributed by atoms with Crippen molar-refractivity contribution in [1.82, 2.24) is 14.5 Å². The number of benzene rings is 1. The predicted molar refractivity (Wildman–Crippen MR) is 88.8 cm³/mol. The summed E-state index contributed by atoms with van der Waals surface area (Å²) in [7, 11) is 3.27. The van der Waals surface area contributed by atoms with Crippen LogP contribution in [0.5, 0.6) is 0 Å². The number of pyridine rings is 1. The van der Waals surface area contributed by atoms with Gasteiger partial charge in [0.2, 0.25) is 5.91 Å². The minimum absolute atomic E-state index is 0.0822. The third-order valence-corrected chi connectivity index (χ3v) is 4.03. The van der Waals surface area contributed by atoms with Gasteiger partial charge in [-0.3, -0.25) is 9.78 Å².